The third-order valence-corrected chi connectivity index (χ3v) is 4.37. The lowest BCUT2D eigenvalue weighted by Crippen LogP contribution is -2.27. The Morgan fingerprint density at radius 3 is 2.25 bits per heavy atom. The van der Waals surface area contributed by atoms with Crippen molar-refractivity contribution in [3.63, 3.8) is 0 Å². The SMILES string of the molecule is O=C(O)/C(=C/c1ccc(OCc2cccc(C(F)(F)F)c2)cc1)NC(=O)c1ccccc1. The summed E-state index contributed by atoms with van der Waals surface area (Å²) in [7, 11) is 0. The minimum absolute atomic E-state index is 0.0629. The van der Waals surface area contributed by atoms with Crippen molar-refractivity contribution >= 4 is 18.0 Å². The Bertz CT molecular complexity index is 1120. The van der Waals surface area contributed by atoms with E-state index in [2.05, 4.69) is 5.32 Å². The molecule has 32 heavy (non-hydrogen) atoms. The number of hydrogen-bond donors (Lipinski definition) is 2. The Morgan fingerprint density at radius 1 is 0.938 bits per heavy atom. The summed E-state index contributed by atoms with van der Waals surface area (Å²) >= 11 is 0. The number of ether oxygens (including phenoxy) is 1. The number of alkyl halides is 3. The summed E-state index contributed by atoms with van der Waals surface area (Å²) in [5.74, 6) is -1.47. The fourth-order valence-electron chi connectivity index (χ4n) is 2.77. The van der Waals surface area contributed by atoms with Gasteiger partial charge in [0.2, 0.25) is 0 Å². The predicted molar refractivity (Wildman–Crippen MR) is 112 cm³/mol. The van der Waals surface area contributed by atoms with E-state index >= 15 is 0 Å². The zero-order valence-corrected chi connectivity index (χ0v) is 16.6. The van der Waals surface area contributed by atoms with Gasteiger partial charge in [0, 0.05) is 5.56 Å². The maximum Gasteiger partial charge on any atom is 0.416 e. The Morgan fingerprint density at radius 2 is 1.62 bits per heavy atom. The Balaban J connectivity index is 1.66. The van der Waals surface area contributed by atoms with E-state index in [1.54, 1.807) is 54.6 Å². The standard InChI is InChI=1S/C24H18F3NO4/c25-24(26,27)19-8-4-5-17(13-19)15-32-20-11-9-16(10-12-20)14-21(23(30)31)28-22(29)18-6-2-1-3-7-18/h1-14H,15H2,(H,28,29)(H,30,31)/b21-14-. The van der Waals surface area contributed by atoms with Gasteiger partial charge in [-0.3, -0.25) is 4.79 Å². The monoisotopic (exact) mass is 441 g/mol. The van der Waals surface area contributed by atoms with Gasteiger partial charge in [-0.25, -0.2) is 4.79 Å². The number of aliphatic carboxylic acids is 1. The summed E-state index contributed by atoms with van der Waals surface area (Å²) in [6, 6.07) is 19.3. The molecular weight excluding hydrogens is 423 g/mol. The molecule has 0 aliphatic carbocycles. The van der Waals surface area contributed by atoms with Gasteiger partial charge in [-0.1, -0.05) is 42.5 Å². The van der Waals surface area contributed by atoms with Crippen molar-refractivity contribution in [3.8, 4) is 5.75 Å². The van der Waals surface area contributed by atoms with Crippen molar-refractivity contribution in [2.75, 3.05) is 0 Å². The van der Waals surface area contributed by atoms with Gasteiger partial charge in [0.1, 0.15) is 18.1 Å². The lowest BCUT2D eigenvalue weighted by Gasteiger charge is -2.10. The highest BCUT2D eigenvalue weighted by atomic mass is 19.4. The minimum Gasteiger partial charge on any atom is -0.489 e. The molecule has 0 fully saturated rings. The molecule has 0 radical (unpaired) electrons. The van der Waals surface area contributed by atoms with Crippen LogP contribution in [0.25, 0.3) is 6.08 Å². The molecule has 8 heteroatoms. The fourth-order valence-corrected chi connectivity index (χ4v) is 2.77. The second kappa shape index (κ2) is 9.82. The van der Waals surface area contributed by atoms with E-state index in [0.29, 0.717) is 22.4 Å². The van der Waals surface area contributed by atoms with Crippen molar-refractivity contribution in [1.29, 1.82) is 0 Å². The van der Waals surface area contributed by atoms with Crippen LogP contribution in [0.2, 0.25) is 0 Å². The van der Waals surface area contributed by atoms with Crippen LogP contribution in [0, 0.1) is 0 Å². The molecule has 3 aromatic carbocycles. The Hall–Kier alpha value is -4.07. The van der Waals surface area contributed by atoms with Crippen LogP contribution in [0.4, 0.5) is 13.2 Å². The van der Waals surface area contributed by atoms with E-state index in [0.717, 1.165) is 12.1 Å². The first-order valence-corrected chi connectivity index (χ1v) is 9.43. The molecule has 3 aromatic rings. The number of nitrogens with one attached hydrogen (secondary N) is 1. The van der Waals surface area contributed by atoms with Crippen molar-refractivity contribution in [2.24, 2.45) is 0 Å². The van der Waals surface area contributed by atoms with Gasteiger partial charge < -0.3 is 15.2 Å². The smallest absolute Gasteiger partial charge is 0.416 e. The van der Waals surface area contributed by atoms with E-state index in [1.165, 1.54) is 18.2 Å². The average Bonchev–Trinajstić information content (AvgIpc) is 2.78. The summed E-state index contributed by atoms with van der Waals surface area (Å²) in [6.07, 6.45) is -3.14. The zero-order chi connectivity index (χ0) is 23.1. The Kier molecular flexibility index (Phi) is 6.94. The highest BCUT2D eigenvalue weighted by molar-refractivity contribution is 6.02. The number of halogens is 3. The normalized spacial score (nSPS) is 11.7. The van der Waals surface area contributed by atoms with E-state index in [1.807, 2.05) is 0 Å². The molecule has 2 N–H and O–H groups in total. The highest BCUT2D eigenvalue weighted by Gasteiger charge is 2.30. The van der Waals surface area contributed by atoms with Crippen LogP contribution in [0.5, 0.6) is 5.75 Å². The molecule has 0 spiro atoms. The minimum atomic E-state index is -4.43. The number of benzene rings is 3. The molecule has 1 amide bonds. The van der Waals surface area contributed by atoms with Gasteiger partial charge in [-0.2, -0.15) is 13.2 Å². The summed E-state index contributed by atoms with van der Waals surface area (Å²) < 4.78 is 43.9. The third-order valence-electron chi connectivity index (χ3n) is 4.37. The van der Waals surface area contributed by atoms with Crippen LogP contribution in [0.3, 0.4) is 0 Å². The van der Waals surface area contributed by atoms with Crippen molar-refractivity contribution in [1.82, 2.24) is 5.32 Å². The van der Waals surface area contributed by atoms with Crippen LogP contribution < -0.4 is 10.1 Å². The molecule has 0 heterocycles. The van der Waals surface area contributed by atoms with Crippen LogP contribution >= 0.6 is 0 Å². The molecule has 0 unspecified atom stereocenters. The molecule has 0 bridgehead atoms. The molecule has 0 saturated heterocycles. The van der Waals surface area contributed by atoms with Gasteiger partial charge in [-0.05, 0) is 53.6 Å². The molecule has 0 saturated carbocycles. The second-order valence-corrected chi connectivity index (χ2v) is 6.74. The van der Waals surface area contributed by atoms with Crippen LogP contribution in [-0.2, 0) is 17.6 Å². The summed E-state index contributed by atoms with van der Waals surface area (Å²) in [5, 5.41) is 11.7. The molecular formula is C24H18F3NO4. The maximum absolute atomic E-state index is 12.8. The first-order valence-electron chi connectivity index (χ1n) is 9.43. The topological polar surface area (TPSA) is 75.6 Å². The van der Waals surface area contributed by atoms with Crippen LogP contribution in [0.1, 0.15) is 27.0 Å². The number of hydrogen-bond acceptors (Lipinski definition) is 3. The van der Waals surface area contributed by atoms with Crippen LogP contribution in [-0.4, -0.2) is 17.0 Å². The molecule has 3 rings (SSSR count). The molecule has 0 atom stereocenters. The molecule has 164 valence electrons. The van der Waals surface area contributed by atoms with Gasteiger partial charge in [0.25, 0.3) is 5.91 Å². The van der Waals surface area contributed by atoms with Crippen LogP contribution in [0.15, 0.2) is 84.6 Å². The first kappa shape index (κ1) is 22.6. The number of amides is 1. The van der Waals surface area contributed by atoms with Gasteiger partial charge in [0.15, 0.2) is 0 Å². The quantitative estimate of drug-likeness (QED) is 0.498. The number of carboxylic acids is 1. The molecule has 0 aliphatic heterocycles. The first-order chi connectivity index (χ1) is 15.2. The van der Waals surface area contributed by atoms with E-state index < -0.39 is 23.6 Å². The van der Waals surface area contributed by atoms with Gasteiger partial charge in [0.05, 0.1) is 5.56 Å². The highest BCUT2D eigenvalue weighted by Crippen LogP contribution is 2.29. The lowest BCUT2D eigenvalue weighted by molar-refractivity contribution is -0.137. The van der Waals surface area contributed by atoms with Gasteiger partial charge >= 0.3 is 12.1 Å². The predicted octanol–water partition coefficient (Wildman–Crippen LogP) is 5.14. The molecule has 0 aromatic heterocycles. The summed E-state index contributed by atoms with van der Waals surface area (Å²) in [4.78, 5) is 23.7. The third kappa shape index (κ3) is 6.21. The molecule has 0 aliphatic rings. The number of carbonyl (C=O) groups excluding carboxylic acids is 1. The van der Waals surface area contributed by atoms with Gasteiger partial charge in [-0.15, -0.1) is 0 Å². The number of carboxylic acid groups (broad SMARTS) is 1. The van der Waals surface area contributed by atoms with Crippen molar-refractivity contribution < 1.29 is 32.6 Å². The van der Waals surface area contributed by atoms with Crippen molar-refractivity contribution in [2.45, 2.75) is 12.8 Å². The summed E-state index contributed by atoms with van der Waals surface area (Å²) in [5.41, 5.74) is 0.107. The van der Waals surface area contributed by atoms with E-state index in [4.69, 9.17) is 4.74 Å². The summed E-state index contributed by atoms with van der Waals surface area (Å²) in [6.45, 7) is -0.0629. The fraction of sp³-hybridized carbons (Fsp3) is 0.0833. The van der Waals surface area contributed by atoms with E-state index in [-0.39, 0.29) is 12.3 Å². The largest absolute Gasteiger partial charge is 0.489 e. The van der Waals surface area contributed by atoms with E-state index in [9.17, 15) is 27.9 Å². The van der Waals surface area contributed by atoms with Crippen molar-refractivity contribution in [3.05, 3.63) is 107 Å². The molecule has 5 nitrogen and oxygen atoms in total. The number of carbonyl (C=O) groups is 2. The maximum atomic E-state index is 12.8. The lowest BCUT2D eigenvalue weighted by atomic mass is 10.1. The Labute approximate surface area is 181 Å². The average molecular weight is 441 g/mol. The zero-order valence-electron chi connectivity index (χ0n) is 16.6. The second-order valence-electron chi connectivity index (χ2n) is 6.74. The number of rotatable bonds is 7.